The zero-order valence-corrected chi connectivity index (χ0v) is 22.8. The molecule has 7 nitrogen and oxygen atoms in total. The molecule has 1 aromatic heterocycles. The molecule has 192 valence electrons. The van der Waals surface area contributed by atoms with E-state index in [1.165, 1.54) is 11.3 Å². The number of anilines is 1. The Hall–Kier alpha value is -1.98. The van der Waals surface area contributed by atoms with E-state index < -0.39 is 10.0 Å². The number of rotatable bonds is 7. The average molecular weight is 546 g/mol. The van der Waals surface area contributed by atoms with Crippen molar-refractivity contribution in [3.63, 3.8) is 0 Å². The maximum atomic E-state index is 13.7. The third-order valence-electron chi connectivity index (χ3n) is 6.77. The predicted molar refractivity (Wildman–Crippen MR) is 146 cm³/mol. The molecule has 2 aliphatic heterocycles. The Labute approximate surface area is 220 Å². The van der Waals surface area contributed by atoms with Crippen molar-refractivity contribution in [3.8, 4) is 0 Å². The standard InChI is InChI=1S/C26H31N3O4S3/c1-34-21-10-13-23-24(17-21)35-26(27-23)29(18-20-7-6-16-33-20)25(30)19-8-11-22(12-9-19)36(31,32)28-14-4-2-3-5-15-28/h8-13,17,20H,2-7,14-16,18H2,1H3. The van der Waals surface area contributed by atoms with Gasteiger partial charge in [-0.2, -0.15) is 4.31 Å². The SMILES string of the molecule is CSc1ccc2nc(N(CC3CCCO3)C(=O)c3ccc(S(=O)(=O)N4CCCCCC4)cc3)sc2c1. The Morgan fingerprint density at radius 2 is 1.86 bits per heavy atom. The van der Waals surface area contributed by atoms with Crippen LogP contribution in [0.4, 0.5) is 5.13 Å². The van der Waals surface area contributed by atoms with Gasteiger partial charge in [-0.3, -0.25) is 9.69 Å². The van der Waals surface area contributed by atoms with E-state index in [1.807, 2.05) is 18.4 Å². The molecule has 0 N–H and O–H groups in total. The molecule has 0 bridgehead atoms. The van der Waals surface area contributed by atoms with Crippen LogP contribution in [0, 0.1) is 0 Å². The third-order valence-corrected chi connectivity index (χ3v) is 10.5. The second-order valence-electron chi connectivity index (χ2n) is 9.22. The first-order valence-electron chi connectivity index (χ1n) is 12.4. The highest BCUT2D eigenvalue weighted by Crippen LogP contribution is 2.33. The maximum absolute atomic E-state index is 13.7. The number of hydrogen-bond acceptors (Lipinski definition) is 7. The Morgan fingerprint density at radius 3 is 2.53 bits per heavy atom. The van der Waals surface area contributed by atoms with Crippen LogP contribution in [0.25, 0.3) is 10.2 Å². The minimum absolute atomic E-state index is 0.0367. The molecule has 3 heterocycles. The fourth-order valence-electron chi connectivity index (χ4n) is 4.73. The number of fused-ring (bicyclic) bond motifs is 1. The van der Waals surface area contributed by atoms with Crippen molar-refractivity contribution < 1.29 is 17.9 Å². The smallest absolute Gasteiger partial charge is 0.260 e. The van der Waals surface area contributed by atoms with E-state index in [9.17, 15) is 13.2 Å². The van der Waals surface area contributed by atoms with Crippen molar-refractivity contribution in [2.75, 3.05) is 37.4 Å². The van der Waals surface area contributed by atoms with Crippen molar-refractivity contribution >= 4 is 54.4 Å². The van der Waals surface area contributed by atoms with Crippen molar-refractivity contribution in [3.05, 3.63) is 48.0 Å². The monoisotopic (exact) mass is 545 g/mol. The van der Waals surface area contributed by atoms with Crippen LogP contribution >= 0.6 is 23.1 Å². The van der Waals surface area contributed by atoms with E-state index in [2.05, 4.69) is 6.07 Å². The van der Waals surface area contributed by atoms with Gasteiger partial charge in [0.25, 0.3) is 5.91 Å². The molecule has 1 unspecified atom stereocenters. The van der Waals surface area contributed by atoms with Crippen molar-refractivity contribution in [2.24, 2.45) is 0 Å². The minimum atomic E-state index is -3.57. The van der Waals surface area contributed by atoms with Crippen LogP contribution in [0.15, 0.2) is 52.3 Å². The number of amides is 1. The Morgan fingerprint density at radius 1 is 1.11 bits per heavy atom. The number of thioether (sulfide) groups is 1. The number of sulfonamides is 1. The van der Waals surface area contributed by atoms with Crippen LogP contribution in [0.2, 0.25) is 0 Å². The van der Waals surface area contributed by atoms with E-state index in [1.54, 1.807) is 45.2 Å². The van der Waals surface area contributed by atoms with Crippen molar-refractivity contribution in [2.45, 2.75) is 54.4 Å². The molecule has 0 radical (unpaired) electrons. The van der Waals surface area contributed by atoms with Crippen LogP contribution in [0.3, 0.4) is 0 Å². The van der Waals surface area contributed by atoms with Crippen LogP contribution in [0.1, 0.15) is 48.9 Å². The lowest BCUT2D eigenvalue weighted by Gasteiger charge is -2.23. The zero-order valence-electron chi connectivity index (χ0n) is 20.4. The highest BCUT2D eigenvalue weighted by Gasteiger charge is 2.29. The summed E-state index contributed by atoms with van der Waals surface area (Å²) in [5.74, 6) is -0.201. The number of ether oxygens (including phenoxy) is 1. The number of benzene rings is 2. The summed E-state index contributed by atoms with van der Waals surface area (Å²) >= 11 is 3.16. The molecule has 3 aromatic rings. The van der Waals surface area contributed by atoms with Gasteiger partial charge in [0.1, 0.15) is 0 Å². The third kappa shape index (κ3) is 5.47. The van der Waals surface area contributed by atoms with E-state index in [0.717, 1.165) is 53.6 Å². The molecule has 0 saturated carbocycles. The maximum Gasteiger partial charge on any atom is 0.260 e. The Bertz CT molecular complexity index is 1310. The summed E-state index contributed by atoms with van der Waals surface area (Å²) in [6.07, 6.45) is 7.76. The lowest BCUT2D eigenvalue weighted by Crippen LogP contribution is -2.37. The largest absolute Gasteiger partial charge is 0.376 e. The predicted octanol–water partition coefficient (Wildman–Crippen LogP) is 5.41. The second-order valence-corrected chi connectivity index (χ2v) is 13.1. The summed E-state index contributed by atoms with van der Waals surface area (Å²) in [5, 5.41) is 0.630. The van der Waals surface area contributed by atoms with Crippen LogP contribution in [-0.4, -0.2) is 62.2 Å². The molecule has 2 saturated heterocycles. The van der Waals surface area contributed by atoms with E-state index >= 15 is 0 Å². The summed E-state index contributed by atoms with van der Waals surface area (Å²) < 4.78 is 34.8. The normalized spacial score (nSPS) is 19.4. The van der Waals surface area contributed by atoms with Crippen LogP contribution in [-0.2, 0) is 14.8 Å². The number of carbonyl (C=O) groups is 1. The van der Waals surface area contributed by atoms with Gasteiger partial charge < -0.3 is 4.74 Å². The molecule has 5 rings (SSSR count). The molecule has 2 fully saturated rings. The molecule has 36 heavy (non-hydrogen) atoms. The van der Waals surface area contributed by atoms with E-state index in [0.29, 0.717) is 36.9 Å². The van der Waals surface area contributed by atoms with Gasteiger partial charge in [-0.25, -0.2) is 13.4 Å². The molecular weight excluding hydrogens is 515 g/mol. The fourth-order valence-corrected chi connectivity index (χ4v) is 7.78. The first-order chi connectivity index (χ1) is 17.5. The number of thiazole rings is 1. The minimum Gasteiger partial charge on any atom is -0.376 e. The lowest BCUT2D eigenvalue weighted by atomic mass is 10.2. The number of aromatic nitrogens is 1. The number of carbonyl (C=O) groups excluding carboxylic acids is 1. The number of hydrogen-bond donors (Lipinski definition) is 0. The average Bonchev–Trinajstić information content (AvgIpc) is 3.48. The van der Waals surface area contributed by atoms with Gasteiger partial charge in [-0.1, -0.05) is 24.2 Å². The van der Waals surface area contributed by atoms with Crippen LogP contribution < -0.4 is 4.90 Å². The molecule has 2 aliphatic rings. The summed E-state index contributed by atoms with van der Waals surface area (Å²) in [6, 6.07) is 12.5. The fraction of sp³-hybridized carbons (Fsp3) is 0.462. The lowest BCUT2D eigenvalue weighted by molar-refractivity contribution is 0.0917. The summed E-state index contributed by atoms with van der Waals surface area (Å²) in [5.41, 5.74) is 1.30. The van der Waals surface area contributed by atoms with Gasteiger partial charge in [0.15, 0.2) is 5.13 Å². The van der Waals surface area contributed by atoms with Crippen molar-refractivity contribution in [1.29, 1.82) is 0 Å². The molecule has 1 atom stereocenters. The quantitative estimate of drug-likeness (QED) is 0.370. The van der Waals surface area contributed by atoms with Gasteiger partial charge in [0.05, 0.1) is 27.8 Å². The van der Waals surface area contributed by atoms with Gasteiger partial charge in [0, 0.05) is 30.2 Å². The van der Waals surface area contributed by atoms with Gasteiger partial charge in [-0.05, 0) is 74.4 Å². The Kier molecular flexibility index (Phi) is 7.97. The molecule has 0 spiro atoms. The first-order valence-corrected chi connectivity index (χ1v) is 15.9. The highest BCUT2D eigenvalue weighted by molar-refractivity contribution is 7.98. The molecule has 10 heteroatoms. The van der Waals surface area contributed by atoms with Gasteiger partial charge in [-0.15, -0.1) is 11.8 Å². The van der Waals surface area contributed by atoms with Crippen LogP contribution in [0.5, 0.6) is 0 Å². The summed E-state index contributed by atoms with van der Waals surface area (Å²) in [4.78, 5) is 21.5. The van der Waals surface area contributed by atoms with E-state index in [4.69, 9.17) is 9.72 Å². The molecule has 2 aromatic carbocycles. The van der Waals surface area contributed by atoms with Crippen molar-refractivity contribution in [1.82, 2.24) is 9.29 Å². The zero-order chi connectivity index (χ0) is 25.1. The molecule has 1 amide bonds. The van der Waals surface area contributed by atoms with Gasteiger partial charge >= 0.3 is 0 Å². The molecule has 0 aliphatic carbocycles. The van der Waals surface area contributed by atoms with E-state index in [-0.39, 0.29) is 16.9 Å². The topological polar surface area (TPSA) is 79.8 Å². The number of nitrogens with zero attached hydrogens (tertiary/aromatic N) is 3. The first kappa shape index (κ1) is 25.7. The second kappa shape index (κ2) is 11.2. The molecular formula is C26H31N3O4S3. The summed E-state index contributed by atoms with van der Waals surface area (Å²) in [6.45, 7) is 2.22. The Balaban J connectivity index is 1.42. The summed E-state index contributed by atoms with van der Waals surface area (Å²) in [7, 11) is -3.57. The highest BCUT2D eigenvalue weighted by atomic mass is 32.2. The van der Waals surface area contributed by atoms with Gasteiger partial charge in [0.2, 0.25) is 10.0 Å².